The smallest absolute Gasteiger partial charge is 0.0695 e. The molecule has 2 radical (unpaired) electrons. The van der Waals surface area contributed by atoms with Gasteiger partial charge in [0.2, 0.25) is 0 Å². The van der Waals surface area contributed by atoms with Crippen molar-refractivity contribution in [1.82, 2.24) is 0 Å². The molecule has 0 aromatic rings. The summed E-state index contributed by atoms with van der Waals surface area (Å²) in [6.07, 6.45) is 2.50. The van der Waals surface area contributed by atoms with Crippen LogP contribution in [0.15, 0.2) is 0 Å². The van der Waals surface area contributed by atoms with Crippen LogP contribution in [0.1, 0.15) is 47.5 Å². The second-order valence-corrected chi connectivity index (χ2v) is 4.85. The molecule has 0 aromatic heterocycles. The second-order valence-electron chi connectivity index (χ2n) is 4.85. The van der Waals surface area contributed by atoms with Crippen LogP contribution in [0.3, 0.4) is 0 Å². The van der Waals surface area contributed by atoms with Crippen LogP contribution < -0.4 is 0 Å². The Kier molecular flexibility index (Phi) is 5.70. The van der Waals surface area contributed by atoms with Gasteiger partial charge in [0, 0.05) is 0 Å². The molecule has 0 nitrogen and oxygen atoms in total. The molecule has 0 amide bonds. The van der Waals surface area contributed by atoms with E-state index >= 15 is 0 Å². The van der Waals surface area contributed by atoms with E-state index in [1.54, 1.807) is 0 Å². The molecule has 0 N–H and O–H groups in total. The van der Waals surface area contributed by atoms with Gasteiger partial charge in [-0.25, -0.2) is 0 Å². The second kappa shape index (κ2) is 5.67. The normalized spacial score (nSPS) is 16.9. The molecule has 0 aliphatic rings. The van der Waals surface area contributed by atoms with E-state index in [0.29, 0.717) is 5.82 Å². The largest absolute Gasteiger partial charge is 0.0799 e. The molecule has 0 bridgehead atoms. The third-order valence-electron chi connectivity index (χ3n) is 2.39. The summed E-state index contributed by atoms with van der Waals surface area (Å²) in [5.41, 5.74) is 0. The maximum atomic E-state index is 5.81. The molecule has 70 valence electrons. The first kappa shape index (κ1) is 12.1. The van der Waals surface area contributed by atoms with Crippen LogP contribution in [0.25, 0.3) is 0 Å². The van der Waals surface area contributed by atoms with Crippen molar-refractivity contribution in [3.05, 3.63) is 0 Å². The summed E-state index contributed by atoms with van der Waals surface area (Å²) in [6.45, 7) is 11.3. The summed E-state index contributed by atoms with van der Waals surface area (Å²) in [6, 6.07) is 0. The highest BCUT2D eigenvalue weighted by atomic mass is 14.2. The Hall–Kier alpha value is 0.0649. The Morgan fingerprint density at radius 2 is 1.42 bits per heavy atom. The van der Waals surface area contributed by atoms with E-state index in [0.717, 1.165) is 17.8 Å². The average molecular weight is 166 g/mol. The van der Waals surface area contributed by atoms with E-state index in [1.165, 1.54) is 12.8 Å². The monoisotopic (exact) mass is 166 g/mol. The van der Waals surface area contributed by atoms with Crippen molar-refractivity contribution < 1.29 is 0 Å². The molecule has 2 atom stereocenters. The Balaban J connectivity index is 3.87. The van der Waals surface area contributed by atoms with Gasteiger partial charge in [0.05, 0.1) is 7.85 Å². The lowest BCUT2D eigenvalue weighted by Gasteiger charge is -2.24. The fourth-order valence-electron chi connectivity index (χ4n) is 1.72. The number of rotatable bonds is 5. The molecule has 0 aliphatic heterocycles. The Morgan fingerprint density at radius 1 is 0.917 bits per heavy atom. The lowest BCUT2D eigenvalue weighted by Crippen LogP contribution is -2.13. The molecule has 0 saturated heterocycles. The van der Waals surface area contributed by atoms with Gasteiger partial charge >= 0.3 is 0 Å². The van der Waals surface area contributed by atoms with Crippen molar-refractivity contribution in [3.8, 4) is 0 Å². The van der Waals surface area contributed by atoms with Gasteiger partial charge in [0.15, 0.2) is 0 Å². The minimum absolute atomic E-state index is 0.358. The molecule has 0 heterocycles. The molecule has 2 unspecified atom stereocenters. The molecular formula is C11H23B. The van der Waals surface area contributed by atoms with E-state index in [9.17, 15) is 0 Å². The lowest BCUT2D eigenvalue weighted by atomic mass is 9.75. The van der Waals surface area contributed by atoms with Gasteiger partial charge in [-0.3, -0.25) is 0 Å². The van der Waals surface area contributed by atoms with Gasteiger partial charge in [0.25, 0.3) is 0 Å². The van der Waals surface area contributed by atoms with Gasteiger partial charge in [-0.1, -0.05) is 46.9 Å². The summed E-state index contributed by atoms with van der Waals surface area (Å²) >= 11 is 0. The van der Waals surface area contributed by atoms with Gasteiger partial charge in [0.1, 0.15) is 0 Å². The highest BCUT2D eigenvalue weighted by molar-refractivity contribution is 6.11. The summed E-state index contributed by atoms with van der Waals surface area (Å²) < 4.78 is 0. The van der Waals surface area contributed by atoms with Crippen LogP contribution in [-0.4, -0.2) is 7.85 Å². The number of hydrogen-bond acceptors (Lipinski definition) is 0. The van der Waals surface area contributed by atoms with Gasteiger partial charge < -0.3 is 0 Å². The van der Waals surface area contributed by atoms with Gasteiger partial charge in [-0.2, -0.15) is 0 Å². The van der Waals surface area contributed by atoms with Crippen molar-refractivity contribution in [1.29, 1.82) is 0 Å². The van der Waals surface area contributed by atoms with Gasteiger partial charge in [-0.05, 0) is 24.2 Å². The van der Waals surface area contributed by atoms with E-state index in [4.69, 9.17) is 7.85 Å². The van der Waals surface area contributed by atoms with Crippen LogP contribution in [0.5, 0.6) is 0 Å². The zero-order valence-corrected chi connectivity index (χ0v) is 9.30. The first-order valence-corrected chi connectivity index (χ1v) is 5.19. The van der Waals surface area contributed by atoms with Crippen LogP contribution >= 0.6 is 0 Å². The first-order valence-electron chi connectivity index (χ1n) is 5.19. The fraction of sp³-hybridized carbons (Fsp3) is 1.00. The summed E-state index contributed by atoms with van der Waals surface area (Å²) in [5, 5.41) is 0. The minimum Gasteiger partial charge on any atom is -0.0799 e. The third kappa shape index (κ3) is 5.68. The summed E-state index contributed by atoms with van der Waals surface area (Å²) in [7, 11) is 5.81. The summed E-state index contributed by atoms with van der Waals surface area (Å²) in [5.74, 6) is 2.75. The molecular weight excluding hydrogens is 143 g/mol. The lowest BCUT2D eigenvalue weighted by molar-refractivity contribution is 0.296. The molecule has 0 aromatic carbocycles. The van der Waals surface area contributed by atoms with E-state index in [1.807, 2.05) is 0 Å². The molecule has 0 saturated carbocycles. The van der Waals surface area contributed by atoms with E-state index < -0.39 is 0 Å². The van der Waals surface area contributed by atoms with Crippen LogP contribution in [0, 0.1) is 17.8 Å². The van der Waals surface area contributed by atoms with Crippen molar-refractivity contribution in [2.24, 2.45) is 17.8 Å². The van der Waals surface area contributed by atoms with Gasteiger partial charge in [-0.15, -0.1) is 0 Å². The highest BCUT2D eigenvalue weighted by Gasteiger charge is 2.15. The predicted molar refractivity (Wildman–Crippen MR) is 57.6 cm³/mol. The number of hydrogen-bond donors (Lipinski definition) is 0. The fourth-order valence-corrected chi connectivity index (χ4v) is 1.72. The average Bonchev–Trinajstić information content (AvgIpc) is 1.83. The maximum Gasteiger partial charge on any atom is 0.0695 e. The molecule has 0 rings (SSSR count). The van der Waals surface area contributed by atoms with Crippen LogP contribution in [0.2, 0.25) is 5.82 Å². The third-order valence-corrected chi connectivity index (χ3v) is 2.39. The topological polar surface area (TPSA) is 0 Å². The first-order chi connectivity index (χ1) is 5.43. The Morgan fingerprint density at radius 3 is 1.67 bits per heavy atom. The highest BCUT2D eigenvalue weighted by Crippen LogP contribution is 2.27. The van der Waals surface area contributed by atoms with Crippen molar-refractivity contribution in [2.75, 3.05) is 0 Å². The molecule has 1 heteroatoms. The van der Waals surface area contributed by atoms with Crippen LogP contribution in [0.4, 0.5) is 0 Å². The molecule has 12 heavy (non-hydrogen) atoms. The quantitative estimate of drug-likeness (QED) is 0.546. The SMILES string of the molecule is [B]C(C)CC(CC(C)C)C(C)C. The zero-order chi connectivity index (χ0) is 9.72. The van der Waals surface area contributed by atoms with E-state index in [2.05, 4.69) is 34.6 Å². The zero-order valence-electron chi connectivity index (χ0n) is 9.30. The standard InChI is InChI=1S/C11H23B/c1-8(2)6-11(9(3)4)7-10(5)12/h8-11H,6-7H2,1-5H3. The van der Waals surface area contributed by atoms with Crippen LogP contribution in [-0.2, 0) is 0 Å². The van der Waals surface area contributed by atoms with Crippen molar-refractivity contribution in [2.45, 2.75) is 53.3 Å². The van der Waals surface area contributed by atoms with E-state index in [-0.39, 0.29) is 0 Å². The maximum absolute atomic E-state index is 5.81. The molecule has 0 fully saturated rings. The Bertz CT molecular complexity index is 95.6. The minimum atomic E-state index is 0.358. The molecule has 0 spiro atoms. The predicted octanol–water partition coefficient (Wildman–Crippen LogP) is 3.67. The van der Waals surface area contributed by atoms with Crippen molar-refractivity contribution in [3.63, 3.8) is 0 Å². The Labute approximate surface area is 79.5 Å². The van der Waals surface area contributed by atoms with Crippen molar-refractivity contribution >= 4 is 7.85 Å². The molecule has 0 aliphatic carbocycles. The summed E-state index contributed by atoms with van der Waals surface area (Å²) in [4.78, 5) is 0.